The molecule has 0 atom stereocenters. The lowest BCUT2D eigenvalue weighted by atomic mass is 10.1. The zero-order chi connectivity index (χ0) is 12.8. The summed E-state index contributed by atoms with van der Waals surface area (Å²) in [5, 5.41) is 9.15. The van der Waals surface area contributed by atoms with Gasteiger partial charge in [-0.3, -0.25) is 0 Å². The van der Waals surface area contributed by atoms with Gasteiger partial charge in [-0.25, -0.2) is 12.8 Å². The minimum atomic E-state index is -3.61. The molecule has 0 saturated carbocycles. The summed E-state index contributed by atoms with van der Waals surface area (Å²) < 4.78 is 38.7. The molecular weight excluding hydrogens is 245 g/mol. The van der Waals surface area contributed by atoms with Gasteiger partial charge in [0.25, 0.3) is 0 Å². The summed E-state index contributed by atoms with van der Waals surface area (Å²) in [4.78, 5) is 0.144. The van der Waals surface area contributed by atoms with Gasteiger partial charge in [0, 0.05) is 13.1 Å². The lowest BCUT2D eigenvalue weighted by Crippen LogP contribution is -2.53. The number of benzene rings is 1. The Hall–Kier alpha value is -0.980. The molecule has 1 N–H and O–H groups in total. The zero-order valence-electron chi connectivity index (χ0n) is 9.64. The number of β-amino-alcohol motifs (C(OH)–C–C–N with tert-alkyl or cyclic N) is 1. The van der Waals surface area contributed by atoms with Crippen LogP contribution in [0.2, 0.25) is 0 Å². The van der Waals surface area contributed by atoms with Gasteiger partial charge in [-0.1, -0.05) is 0 Å². The van der Waals surface area contributed by atoms with Crippen molar-refractivity contribution in [3.63, 3.8) is 0 Å². The molecule has 0 radical (unpaired) electrons. The van der Waals surface area contributed by atoms with Crippen LogP contribution < -0.4 is 0 Å². The van der Waals surface area contributed by atoms with Crippen molar-refractivity contribution in [3.05, 3.63) is 29.1 Å². The highest BCUT2D eigenvalue weighted by Crippen LogP contribution is 2.27. The van der Waals surface area contributed by atoms with Crippen LogP contribution in [0.25, 0.3) is 0 Å². The van der Waals surface area contributed by atoms with E-state index in [0.717, 1.165) is 0 Å². The number of hydrogen-bond acceptors (Lipinski definition) is 3. The van der Waals surface area contributed by atoms with E-state index in [1.54, 1.807) is 13.8 Å². The molecule has 1 fully saturated rings. The maximum Gasteiger partial charge on any atom is 0.243 e. The largest absolute Gasteiger partial charge is 0.390 e. The summed E-state index contributed by atoms with van der Waals surface area (Å²) in [5.41, 5.74) is 0.785. The van der Waals surface area contributed by atoms with Crippen molar-refractivity contribution in [1.82, 2.24) is 4.31 Å². The van der Waals surface area contributed by atoms with E-state index in [0.29, 0.717) is 11.1 Å². The quantitative estimate of drug-likeness (QED) is 0.855. The topological polar surface area (TPSA) is 57.6 Å². The van der Waals surface area contributed by atoms with Crippen LogP contribution in [0.4, 0.5) is 4.39 Å². The Morgan fingerprint density at radius 3 is 2.18 bits per heavy atom. The Labute approximate surface area is 99.7 Å². The second kappa shape index (κ2) is 4.04. The Kier molecular flexibility index (Phi) is 2.97. The normalized spacial score (nSPS) is 18.1. The minimum Gasteiger partial charge on any atom is -0.390 e. The second-order valence-corrected chi connectivity index (χ2v) is 6.22. The molecular formula is C11H14FNO3S. The maximum atomic E-state index is 13.1. The Morgan fingerprint density at radius 2 is 1.76 bits per heavy atom. The molecule has 1 aliphatic rings. The third-order valence-electron chi connectivity index (χ3n) is 2.85. The number of halogens is 1. The van der Waals surface area contributed by atoms with Crippen LogP contribution in [0, 0.1) is 19.7 Å². The zero-order valence-corrected chi connectivity index (χ0v) is 10.5. The van der Waals surface area contributed by atoms with E-state index in [9.17, 15) is 12.8 Å². The van der Waals surface area contributed by atoms with E-state index in [4.69, 9.17) is 5.11 Å². The number of hydrogen-bond donors (Lipinski definition) is 1. The fourth-order valence-electron chi connectivity index (χ4n) is 2.05. The Morgan fingerprint density at radius 1 is 1.29 bits per heavy atom. The average Bonchev–Trinajstić information content (AvgIpc) is 2.10. The predicted molar refractivity (Wildman–Crippen MR) is 60.6 cm³/mol. The molecule has 1 aromatic rings. The van der Waals surface area contributed by atoms with Gasteiger partial charge in [0.15, 0.2) is 0 Å². The van der Waals surface area contributed by atoms with Crippen molar-refractivity contribution in [1.29, 1.82) is 0 Å². The molecule has 6 heteroatoms. The number of aliphatic hydroxyl groups excluding tert-OH is 1. The maximum absolute atomic E-state index is 13.1. The van der Waals surface area contributed by atoms with E-state index < -0.39 is 21.9 Å². The second-order valence-electron chi connectivity index (χ2n) is 4.34. The first-order valence-electron chi connectivity index (χ1n) is 5.27. The number of sulfonamides is 1. The van der Waals surface area contributed by atoms with Gasteiger partial charge < -0.3 is 5.11 Å². The van der Waals surface area contributed by atoms with E-state index in [1.807, 2.05) is 0 Å². The monoisotopic (exact) mass is 259 g/mol. The van der Waals surface area contributed by atoms with Crippen molar-refractivity contribution in [2.24, 2.45) is 0 Å². The van der Waals surface area contributed by atoms with Gasteiger partial charge in [0.1, 0.15) is 5.82 Å². The molecule has 1 heterocycles. The van der Waals surface area contributed by atoms with E-state index in [-0.39, 0.29) is 18.0 Å². The summed E-state index contributed by atoms with van der Waals surface area (Å²) in [7, 11) is -3.61. The smallest absolute Gasteiger partial charge is 0.243 e. The van der Waals surface area contributed by atoms with Gasteiger partial charge in [-0.05, 0) is 37.1 Å². The van der Waals surface area contributed by atoms with Gasteiger partial charge in [-0.15, -0.1) is 0 Å². The Balaban J connectivity index is 2.47. The fourth-order valence-corrected chi connectivity index (χ4v) is 3.97. The molecule has 0 aliphatic carbocycles. The van der Waals surface area contributed by atoms with E-state index >= 15 is 0 Å². The van der Waals surface area contributed by atoms with E-state index in [1.165, 1.54) is 16.4 Å². The SMILES string of the molecule is Cc1cc(F)cc(C)c1S(=O)(=O)N1CC(O)C1. The van der Waals surface area contributed by atoms with Crippen molar-refractivity contribution in [2.45, 2.75) is 24.8 Å². The van der Waals surface area contributed by atoms with Gasteiger partial charge in [-0.2, -0.15) is 4.31 Å². The highest BCUT2D eigenvalue weighted by Gasteiger charge is 2.37. The van der Waals surface area contributed by atoms with Crippen LogP contribution in [0.5, 0.6) is 0 Å². The van der Waals surface area contributed by atoms with Crippen LogP contribution in [0.15, 0.2) is 17.0 Å². The van der Waals surface area contributed by atoms with Crippen LogP contribution in [0.3, 0.4) is 0 Å². The van der Waals surface area contributed by atoms with Crippen molar-refractivity contribution in [3.8, 4) is 0 Å². The highest BCUT2D eigenvalue weighted by molar-refractivity contribution is 7.89. The van der Waals surface area contributed by atoms with Crippen LogP contribution in [-0.2, 0) is 10.0 Å². The molecule has 17 heavy (non-hydrogen) atoms. The summed E-state index contributed by atoms with van der Waals surface area (Å²) in [6, 6.07) is 2.41. The molecule has 4 nitrogen and oxygen atoms in total. The highest BCUT2D eigenvalue weighted by atomic mass is 32.2. The number of aliphatic hydroxyl groups is 1. The minimum absolute atomic E-state index is 0.110. The average molecular weight is 259 g/mol. The molecule has 2 rings (SSSR count). The molecule has 0 spiro atoms. The van der Waals surface area contributed by atoms with Gasteiger partial charge >= 0.3 is 0 Å². The molecule has 1 aromatic carbocycles. The molecule has 0 amide bonds. The third-order valence-corrected chi connectivity index (χ3v) is 4.99. The molecule has 0 bridgehead atoms. The molecule has 1 aliphatic heterocycles. The lowest BCUT2D eigenvalue weighted by molar-refractivity contribution is 0.0547. The lowest BCUT2D eigenvalue weighted by Gasteiger charge is -2.35. The van der Waals surface area contributed by atoms with Crippen molar-refractivity contribution in [2.75, 3.05) is 13.1 Å². The summed E-state index contributed by atoms with van der Waals surface area (Å²) >= 11 is 0. The summed E-state index contributed by atoms with van der Waals surface area (Å²) in [5.74, 6) is -0.442. The molecule has 94 valence electrons. The third kappa shape index (κ3) is 2.08. The fraction of sp³-hybridized carbons (Fsp3) is 0.455. The molecule has 0 aromatic heterocycles. The van der Waals surface area contributed by atoms with Crippen LogP contribution in [0.1, 0.15) is 11.1 Å². The number of rotatable bonds is 2. The van der Waals surface area contributed by atoms with Crippen molar-refractivity contribution < 1.29 is 17.9 Å². The summed E-state index contributed by atoms with van der Waals surface area (Å²) in [6.45, 7) is 3.36. The van der Waals surface area contributed by atoms with Gasteiger partial charge in [0.05, 0.1) is 11.0 Å². The molecule has 0 unspecified atom stereocenters. The Bertz CT molecular complexity index is 527. The first kappa shape index (κ1) is 12.5. The number of aryl methyl sites for hydroxylation is 2. The van der Waals surface area contributed by atoms with Crippen molar-refractivity contribution >= 4 is 10.0 Å². The van der Waals surface area contributed by atoms with E-state index in [2.05, 4.69) is 0 Å². The van der Waals surface area contributed by atoms with Crippen LogP contribution >= 0.6 is 0 Å². The first-order chi connectivity index (χ1) is 7.82. The first-order valence-corrected chi connectivity index (χ1v) is 6.71. The predicted octanol–water partition coefficient (Wildman–Crippen LogP) is 0.808. The summed E-state index contributed by atoms with van der Waals surface area (Å²) in [6.07, 6.45) is -0.592. The molecule has 1 saturated heterocycles. The number of nitrogens with zero attached hydrogens (tertiary/aromatic N) is 1. The van der Waals surface area contributed by atoms with Gasteiger partial charge in [0.2, 0.25) is 10.0 Å². The standard InChI is InChI=1S/C11H14FNO3S/c1-7-3-9(12)4-8(2)11(7)17(15,16)13-5-10(14)6-13/h3-4,10,14H,5-6H2,1-2H3. The van der Waals surface area contributed by atoms with Crippen LogP contribution in [-0.4, -0.2) is 37.0 Å².